The van der Waals surface area contributed by atoms with Crippen LogP contribution >= 0.6 is 15.9 Å². The van der Waals surface area contributed by atoms with Gasteiger partial charge in [0.25, 0.3) is 0 Å². The Hall–Kier alpha value is -0.350. The van der Waals surface area contributed by atoms with Crippen LogP contribution in [0, 0.1) is 5.92 Å². The summed E-state index contributed by atoms with van der Waals surface area (Å²) in [6.07, 6.45) is 4.85. The lowest BCUT2D eigenvalue weighted by molar-refractivity contribution is 0.448. The molecule has 1 aromatic heterocycles. The van der Waals surface area contributed by atoms with Crippen LogP contribution in [0.25, 0.3) is 0 Å². The molecule has 0 aromatic carbocycles. The van der Waals surface area contributed by atoms with Crippen LogP contribution in [0.1, 0.15) is 65.3 Å². The summed E-state index contributed by atoms with van der Waals surface area (Å²) in [5, 5.41) is 8.27. The number of aryl methyl sites for hydroxylation is 2. The number of halogens is 1. The highest BCUT2D eigenvalue weighted by molar-refractivity contribution is 9.10. The Morgan fingerprint density at radius 3 is 2.45 bits per heavy atom. The van der Waals surface area contributed by atoms with Crippen LogP contribution in [-0.2, 0) is 19.5 Å². The second kappa shape index (κ2) is 8.83. The first-order chi connectivity index (χ1) is 9.49. The molecule has 0 fully saturated rings. The lowest BCUT2D eigenvalue weighted by Gasteiger charge is -2.15. The van der Waals surface area contributed by atoms with Crippen LogP contribution in [0.2, 0.25) is 0 Å². The number of aromatic nitrogens is 2. The average molecular weight is 344 g/mol. The Kier molecular flexibility index (Phi) is 7.82. The summed E-state index contributed by atoms with van der Waals surface area (Å²) < 4.78 is 3.29. The van der Waals surface area contributed by atoms with Gasteiger partial charge in [-0.1, -0.05) is 33.6 Å². The molecule has 0 bridgehead atoms. The van der Waals surface area contributed by atoms with E-state index in [4.69, 9.17) is 0 Å². The van der Waals surface area contributed by atoms with Crippen molar-refractivity contribution in [1.82, 2.24) is 15.1 Å². The minimum absolute atomic E-state index is 0.561. The van der Waals surface area contributed by atoms with Gasteiger partial charge in [-0.2, -0.15) is 5.10 Å². The van der Waals surface area contributed by atoms with Crippen LogP contribution in [0.4, 0.5) is 0 Å². The van der Waals surface area contributed by atoms with Crippen molar-refractivity contribution in [2.24, 2.45) is 5.92 Å². The van der Waals surface area contributed by atoms with Crippen molar-refractivity contribution in [3.8, 4) is 0 Å². The standard InChI is InChI=1S/C16H30BrN3/c1-6-14-16(17)15(20(7-2)19-14)11-18-13(5)10-8-9-12(3)4/h12-13,18H,6-11H2,1-5H3. The van der Waals surface area contributed by atoms with E-state index in [1.54, 1.807) is 0 Å². The number of hydrogen-bond donors (Lipinski definition) is 1. The molecule has 1 rings (SSSR count). The van der Waals surface area contributed by atoms with Gasteiger partial charge in [-0.25, -0.2) is 0 Å². The summed E-state index contributed by atoms with van der Waals surface area (Å²) in [7, 11) is 0. The topological polar surface area (TPSA) is 29.9 Å². The molecule has 1 heterocycles. The Balaban J connectivity index is 2.50. The van der Waals surface area contributed by atoms with E-state index in [1.807, 2.05) is 0 Å². The average Bonchev–Trinajstić information content (AvgIpc) is 2.71. The molecule has 1 N–H and O–H groups in total. The molecular formula is C16H30BrN3. The minimum Gasteiger partial charge on any atom is -0.309 e. The van der Waals surface area contributed by atoms with Crippen molar-refractivity contribution < 1.29 is 0 Å². The van der Waals surface area contributed by atoms with Gasteiger partial charge in [-0.3, -0.25) is 4.68 Å². The van der Waals surface area contributed by atoms with E-state index in [9.17, 15) is 0 Å². The molecular weight excluding hydrogens is 314 g/mol. The molecule has 0 saturated heterocycles. The highest BCUT2D eigenvalue weighted by Gasteiger charge is 2.14. The van der Waals surface area contributed by atoms with Gasteiger partial charge in [-0.15, -0.1) is 0 Å². The summed E-state index contributed by atoms with van der Waals surface area (Å²) in [4.78, 5) is 0. The number of nitrogens with one attached hydrogen (secondary N) is 1. The molecule has 1 atom stereocenters. The van der Waals surface area contributed by atoms with E-state index in [2.05, 4.69) is 65.6 Å². The molecule has 116 valence electrons. The van der Waals surface area contributed by atoms with E-state index in [0.717, 1.165) is 31.1 Å². The second-order valence-electron chi connectivity index (χ2n) is 5.98. The molecule has 1 unspecified atom stereocenters. The van der Waals surface area contributed by atoms with E-state index in [1.165, 1.54) is 29.4 Å². The van der Waals surface area contributed by atoms with Gasteiger partial charge in [0.2, 0.25) is 0 Å². The predicted octanol–water partition coefficient (Wildman–Crippen LogP) is 4.53. The number of rotatable bonds is 9. The maximum atomic E-state index is 4.64. The molecule has 4 heteroatoms. The van der Waals surface area contributed by atoms with Crippen molar-refractivity contribution >= 4 is 15.9 Å². The van der Waals surface area contributed by atoms with Crippen LogP contribution < -0.4 is 5.32 Å². The SMILES string of the molecule is CCc1nn(CC)c(CNC(C)CCCC(C)C)c1Br. The van der Waals surface area contributed by atoms with Gasteiger partial charge in [0, 0.05) is 19.1 Å². The van der Waals surface area contributed by atoms with Crippen molar-refractivity contribution in [2.45, 2.75) is 79.4 Å². The second-order valence-corrected chi connectivity index (χ2v) is 6.78. The fourth-order valence-corrected chi connectivity index (χ4v) is 3.10. The monoisotopic (exact) mass is 343 g/mol. The van der Waals surface area contributed by atoms with Gasteiger partial charge < -0.3 is 5.32 Å². The first kappa shape index (κ1) is 17.7. The van der Waals surface area contributed by atoms with E-state index < -0.39 is 0 Å². The molecule has 1 aromatic rings. The third kappa shape index (κ3) is 5.21. The van der Waals surface area contributed by atoms with Gasteiger partial charge >= 0.3 is 0 Å². The van der Waals surface area contributed by atoms with Crippen LogP contribution in [0.3, 0.4) is 0 Å². The third-order valence-corrected chi connectivity index (χ3v) is 4.65. The zero-order chi connectivity index (χ0) is 15.1. The summed E-state index contributed by atoms with van der Waals surface area (Å²) in [5.74, 6) is 0.810. The molecule has 0 saturated carbocycles. The largest absolute Gasteiger partial charge is 0.309 e. The predicted molar refractivity (Wildman–Crippen MR) is 90.0 cm³/mol. The fraction of sp³-hybridized carbons (Fsp3) is 0.812. The minimum atomic E-state index is 0.561. The Morgan fingerprint density at radius 1 is 1.20 bits per heavy atom. The quantitative estimate of drug-likeness (QED) is 0.713. The molecule has 0 spiro atoms. The Bertz CT molecular complexity index is 399. The van der Waals surface area contributed by atoms with E-state index in [-0.39, 0.29) is 0 Å². The molecule has 3 nitrogen and oxygen atoms in total. The molecule has 0 aliphatic rings. The molecule has 20 heavy (non-hydrogen) atoms. The molecule has 0 amide bonds. The van der Waals surface area contributed by atoms with Crippen molar-refractivity contribution in [3.63, 3.8) is 0 Å². The summed E-state index contributed by atoms with van der Waals surface area (Å²) in [5.41, 5.74) is 2.44. The normalized spacial score (nSPS) is 13.2. The first-order valence-corrected chi connectivity index (χ1v) is 8.76. The van der Waals surface area contributed by atoms with Gasteiger partial charge in [0.1, 0.15) is 0 Å². The molecule has 0 aliphatic carbocycles. The van der Waals surface area contributed by atoms with E-state index >= 15 is 0 Å². The van der Waals surface area contributed by atoms with Crippen molar-refractivity contribution in [3.05, 3.63) is 15.9 Å². The Morgan fingerprint density at radius 2 is 1.90 bits per heavy atom. The fourth-order valence-electron chi connectivity index (χ4n) is 2.39. The maximum absolute atomic E-state index is 4.64. The number of nitrogens with zero attached hydrogens (tertiary/aromatic N) is 2. The Labute approximate surface area is 132 Å². The van der Waals surface area contributed by atoms with Crippen LogP contribution in [-0.4, -0.2) is 15.8 Å². The van der Waals surface area contributed by atoms with E-state index in [0.29, 0.717) is 6.04 Å². The zero-order valence-electron chi connectivity index (χ0n) is 13.7. The van der Waals surface area contributed by atoms with Gasteiger partial charge in [0.05, 0.1) is 15.9 Å². The molecule has 0 radical (unpaired) electrons. The maximum Gasteiger partial charge on any atom is 0.0767 e. The zero-order valence-corrected chi connectivity index (χ0v) is 15.3. The summed E-state index contributed by atoms with van der Waals surface area (Å²) in [6.45, 7) is 13.0. The first-order valence-electron chi connectivity index (χ1n) is 7.96. The van der Waals surface area contributed by atoms with Gasteiger partial charge in [0.15, 0.2) is 0 Å². The lowest BCUT2D eigenvalue weighted by Crippen LogP contribution is -2.27. The van der Waals surface area contributed by atoms with Crippen LogP contribution in [0.15, 0.2) is 4.47 Å². The third-order valence-electron chi connectivity index (χ3n) is 3.73. The summed E-state index contributed by atoms with van der Waals surface area (Å²) >= 11 is 3.70. The summed E-state index contributed by atoms with van der Waals surface area (Å²) in [6, 6.07) is 0.561. The molecule has 0 aliphatic heterocycles. The smallest absolute Gasteiger partial charge is 0.0767 e. The van der Waals surface area contributed by atoms with Crippen LogP contribution in [0.5, 0.6) is 0 Å². The van der Waals surface area contributed by atoms with Crippen molar-refractivity contribution in [1.29, 1.82) is 0 Å². The lowest BCUT2D eigenvalue weighted by atomic mass is 10.0. The highest BCUT2D eigenvalue weighted by atomic mass is 79.9. The van der Waals surface area contributed by atoms with Crippen molar-refractivity contribution in [2.75, 3.05) is 0 Å². The van der Waals surface area contributed by atoms with Gasteiger partial charge in [-0.05, 0) is 48.5 Å². The highest BCUT2D eigenvalue weighted by Crippen LogP contribution is 2.22. The number of hydrogen-bond acceptors (Lipinski definition) is 2.